The topological polar surface area (TPSA) is 89.9 Å². The Morgan fingerprint density at radius 2 is 2.00 bits per heavy atom. The van der Waals surface area contributed by atoms with Gasteiger partial charge in [-0.25, -0.2) is 8.87 Å². The van der Waals surface area contributed by atoms with Crippen LogP contribution in [-0.2, 0) is 16.6 Å². The first kappa shape index (κ1) is 21.6. The van der Waals surface area contributed by atoms with Gasteiger partial charge in [-0.05, 0) is 30.3 Å². The number of halogens is 3. The zero-order valence-electron chi connectivity index (χ0n) is 17.0. The third-order valence-electron chi connectivity index (χ3n) is 5.27. The summed E-state index contributed by atoms with van der Waals surface area (Å²) in [6.07, 6.45) is 1.59. The van der Waals surface area contributed by atoms with Gasteiger partial charge in [0.25, 0.3) is 10.0 Å². The number of rotatable bonds is 2. The van der Waals surface area contributed by atoms with Crippen molar-refractivity contribution in [3.8, 4) is 17.2 Å². The largest absolute Gasteiger partial charge is 0.450 e. The van der Waals surface area contributed by atoms with E-state index in [2.05, 4.69) is 14.7 Å². The monoisotopic (exact) mass is 493 g/mol. The second-order valence-corrected chi connectivity index (χ2v) is 9.68. The molecule has 170 valence electrons. The van der Waals surface area contributed by atoms with E-state index in [1.54, 1.807) is 37.5 Å². The predicted octanol–water partition coefficient (Wildman–Crippen LogP) is 4.27. The van der Waals surface area contributed by atoms with Gasteiger partial charge in [0.1, 0.15) is 28.6 Å². The van der Waals surface area contributed by atoms with Crippen LogP contribution in [0.5, 0.6) is 17.2 Å². The first-order valence-electron chi connectivity index (χ1n) is 9.66. The number of aromatic nitrogens is 1. The van der Waals surface area contributed by atoms with Crippen LogP contribution in [0, 0.1) is 11.6 Å². The molecule has 0 saturated carbocycles. The van der Waals surface area contributed by atoms with E-state index in [9.17, 15) is 17.2 Å². The lowest BCUT2D eigenvalue weighted by Gasteiger charge is -2.38. The van der Waals surface area contributed by atoms with E-state index in [0.29, 0.717) is 17.5 Å². The molecule has 3 heterocycles. The Morgan fingerprint density at radius 1 is 1.21 bits per heavy atom. The molecular weight excluding hydrogens is 478 g/mol. The lowest BCUT2D eigenvalue weighted by molar-refractivity contribution is -0.856. The summed E-state index contributed by atoms with van der Waals surface area (Å²) in [5, 5.41) is 2.96. The van der Waals surface area contributed by atoms with Crippen LogP contribution in [0.2, 0.25) is 5.02 Å². The minimum Gasteiger partial charge on any atom is -0.450 e. The number of hydrogen-bond donors (Lipinski definition) is 1. The molecule has 0 radical (unpaired) electrons. The summed E-state index contributed by atoms with van der Waals surface area (Å²) in [7, 11) is -2.73. The number of nitrogens with zero attached hydrogens (tertiary/aromatic N) is 3. The Labute approximate surface area is 192 Å². The van der Waals surface area contributed by atoms with Gasteiger partial charge in [0.2, 0.25) is 12.5 Å². The lowest BCUT2D eigenvalue weighted by atomic mass is 10.2. The number of nitrogens with one attached hydrogen (secondary N) is 1. The summed E-state index contributed by atoms with van der Waals surface area (Å²) in [6, 6.07) is 10.2. The van der Waals surface area contributed by atoms with E-state index in [-0.39, 0.29) is 40.2 Å². The molecule has 33 heavy (non-hydrogen) atoms. The molecule has 1 atom stereocenters. The highest BCUT2D eigenvalue weighted by Gasteiger charge is 2.43. The Morgan fingerprint density at radius 3 is 2.79 bits per heavy atom. The van der Waals surface area contributed by atoms with Crippen molar-refractivity contribution in [2.24, 2.45) is 4.40 Å². The summed E-state index contributed by atoms with van der Waals surface area (Å²) in [5.74, 6) is -2.90. The second kappa shape index (κ2) is 7.65. The molecule has 2 aliphatic rings. The van der Waals surface area contributed by atoms with Crippen LogP contribution >= 0.6 is 11.6 Å². The molecular formula is C21H16ClF2N4O4S+. The average Bonchev–Trinajstić information content (AvgIpc) is 2.78. The molecule has 8 nitrogen and oxygen atoms in total. The van der Waals surface area contributed by atoms with Crippen LogP contribution in [0.4, 0.5) is 14.5 Å². The van der Waals surface area contributed by atoms with Crippen LogP contribution in [0.15, 0.2) is 58.0 Å². The quantitative estimate of drug-likeness (QED) is 0.536. The number of hydrogen-bond acceptors (Lipinski definition) is 6. The zero-order valence-corrected chi connectivity index (χ0v) is 18.6. The van der Waals surface area contributed by atoms with Crippen molar-refractivity contribution < 1.29 is 31.2 Å². The standard InChI is InChI=1S/C21H16ClF2N4O4S/c1-28(10-14-16(31-11-28)7-4-8-25-14)21-26-19-17(33(29,30)27-21)9-13(23)18(24)20(19)32-15-6-3-2-5-12(15)22/h2-9H,10-11H2,1H3,(H,26,27)/q+1. The Hall–Kier alpha value is -3.28. The van der Waals surface area contributed by atoms with Crippen molar-refractivity contribution in [1.29, 1.82) is 0 Å². The van der Waals surface area contributed by atoms with E-state index < -0.39 is 32.3 Å². The maximum Gasteiger partial charge on any atom is 0.321 e. The molecule has 1 unspecified atom stereocenters. The molecule has 1 aromatic heterocycles. The molecule has 5 rings (SSSR count). The van der Waals surface area contributed by atoms with Crippen LogP contribution in [0.3, 0.4) is 0 Å². The SMILES string of the molecule is C[N+]1(C2=NS(=O)(=O)c3cc(F)c(F)c(Oc4ccccc4Cl)c3N2)COc2cccnc2C1. The Bertz CT molecular complexity index is 1430. The molecule has 2 aliphatic heterocycles. The van der Waals surface area contributed by atoms with Gasteiger partial charge in [-0.3, -0.25) is 10.3 Å². The molecule has 0 fully saturated rings. The van der Waals surface area contributed by atoms with Crippen molar-refractivity contribution in [2.75, 3.05) is 19.1 Å². The van der Waals surface area contributed by atoms with E-state index >= 15 is 0 Å². The average molecular weight is 494 g/mol. The lowest BCUT2D eigenvalue weighted by Crippen LogP contribution is -2.57. The molecule has 12 heteroatoms. The maximum atomic E-state index is 14.9. The van der Waals surface area contributed by atoms with Gasteiger partial charge in [-0.15, -0.1) is 0 Å². The molecule has 2 aromatic carbocycles. The van der Waals surface area contributed by atoms with Gasteiger partial charge in [-0.1, -0.05) is 28.1 Å². The fraction of sp³-hybridized carbons (Fsp3) is 0.143. The van der Waals surface area contributed by atoms with E-state index in [1.165, 1.54) is 12.1 Å². The normalized spacial score (nSPS) is 20.5. The number of quaternary nitrogens is 1. The molecule has 0 spiro atoms. The third-order valence-corrected chi connectivity index (χ3v) is 6.88. The van der Waals surface area contributed by atoms with Gasteiger partial charge in [0.05, 0.1) is 12.1 Å². The molecule has 0 saturated heterocycles. The predicted molar refractivity (Wildman–Crippen MR) is 116 cm³/mol. The van der Waals surface area contributed by atoms with Gasteiger partial charge in [0, 0.05) is 6.20 Å². The summed E-state index contributed by atoms with van der Waals surface area (Å²) in [6.45, 7) is 0.275. The molecule has 3 aromatic rings. The number of fused-ring (bicyclic) bond motifs is 2. The highest BCUT2D eigenvalue weighted by Crippen LogP contribution is 2.43. The van der Waals surface area contributed by atoms with Crippen molar-refractivity contribution in [2.45, 2.75) is 11.4 Å². The van der Waals surface area contributed by atoms with Crippen molar-refractivity contribution in [3.05, 3.63) is 71.0 Å². The van der Waals surface area contributed by atoms with Crippen LogP contribution in [0.25, 0.3) is 0 Å². The highest BCUT2D eigenvalue weighted by molar-refractivity contribution is 7.90. The van der Waals surface area contributed by atoms with Gasteiger partial charge < -0.3 is 9.47 Å². The Balaban J connectivity index is 1.61. The van der Waals surface area contributed by atoms with E-state index in [4.69, 9.17) is 21.1 Å². The number of sulfonamides is 1. The minimum absolute atomic E-state index is 0.0222. The number of guanidine groups is 1. The minimum atomic E-state index is -4.41. The maximum absolute atomic E-state index is 14.9. The number of ether oxygens (including phenoxy) is 2. The first-order chi connectivity index (χ1) is 15.7. The van der Waals surface area contributed by atoms with Crippen molar-refractivity contribution >= 4 is 33.3 Å². The number of pyridine rings is 1. The molecule has 0 amide bonds. The fourth-order valence-corrected chi connectivity index (χ4v) is 4.96. The second-order valence-electron chi connectivity index (χ2n) is 7.70. The summed E-state index contributed by atoms with van der Waals surface area (Å²) in [4.78, 5) is 3.72. The smallest absolute Gasteiger partial charge is 0.321 e. The van der Waals surface area contributed by atoms with Gasteiger partial charge in [0.15, 0.2) is 17.3 Å². The van der Waals surface area contributed by atoms with E-state index in [0.717, 1.165) is 0 Å². The van der Waals surface area contributed by atoms with Crippen molar-refractivity contribution in [1.82, 2.24) is 4.98 Å². The number of benzene rings is 2. The number of anilines is 1. The summed E-state index contributed by atoms with van der Waals surface area (Å²) in [5.41, 5.74) is 0.307. The van der Waals surface area contributed by atoms with Crippen LogP contribution < -0.4 is 14.8 Å². The third kappa shape index (κ3) is 3.67. The number of para-hydroxylation sites is 1. The van der Waals surface area contributed by atoms with Gasteiger partial charge >= 0.3 is 5.96 Å². The van der Waals surface area contributed by atoms with E-state index in [1.807, 2.05) is 0 Å². The first-order valence-corrected chi connectivity index (χ1v) is 11.5. The highest BCUT2D eigenvalue weighted by atomic mass is 35.5. The Kier molecular flexibility index (Phi) is 5.00. The van der Waals surface area contributed by atoms with Gasteiger partial charge in [-0.2, -0.15) is 12.8 Å². The zero-order chi connectivity index (χ0) is 23.4. The van der Waals surface area contributed by atoms with Crippen molar-refractivity contribution in [3.63, 3.8) is 0 Å². The fourth-order valence-electron chi connectivity index (χ4n) is 3.56. The molecule has 1 N–H and O–H groups in total. The van der Waals surface area contributed by atoms with Crippen LogP contribution in [0.1, 0.15) is 5.69 Å². The van der Waals surface area contributed by atoms with Crippen LogP contribution in [-0.4, -0.2) is 37.6 Å². The summed E-state index contributed by atoms with van der Waals surface area (Å²) < 4.78 is 70.2. The molecule has 0 aliphatic carbocycles. The summed E-state index contributed by atoms with van der Waals surface area (Å²) >= 11 is 6.10. The molecule has 0 bridgehead atoms.